The normalized spacial score (nSPS) is 16.9. The van der Waals surface area contributed by atoms with Gasteiger partial charge < -0.3 is 24.0 Å². The number of carbonyl (C=O) groups is 2. The molecule has 0 atom stereocenters. The summed E-state index contributed by atoms with van der Waals surface area (Å²) in [5.41, 5.74) is 2.32. The molecule has 1 aliphatic heterocycles. The highest BCUT2D eigenvalue weighted by Gasteiger charge is 2.38. The molecular formula is C27H26NO6-. The molecule has 3 aromatic rings. The van der Waals surface area contributed by atoms with Gasteiger partial charge in [-0.3, -0.25) is 4.79 Å². The number of amides is 1. The van der Waals surface area contributed by atoms with Crippen molar-refractivity contribution in [2.24, 2.45) is 0 Å². The first-order chi connectivity index (χ1) is 16.4. The number of aliphatic carboxylic acids is 1. The second-order valence-corrected chi connectivity index (χ2v) is 9.24. The van der Waals surface area contributed by atoms with Crippen molar-refractivity contribution < 1.29 is 23.8 Å². The Morgan fingerprint density at radius 1 is 1.09 bits per heavy atom. The van der Waals surface area contributed by atoms with Crippen molar-refractivity contribution >= 4 is 22.8 Å². The Labute approximate surface area is 196 Å². The molecule has 176 valence electrons. The monoisotopic (exact) mass is 460 g/mol. The van der Waals surface area contributed by atoms with Gasteiger partial charge in [0.1, 0.15) is 11.3 Å². The van der Waals surface area contributed by atoms with Crippen molar-refractivity contribution in [3.8, 4) is 5.75 Å². The summed E-state index contributed by atoms with van der Waals surface area (Å²) in [6.07, 6.45) is 2.94. The maximum absolute atomic E-state index is 13.0. The third kappa shape index (κ3) is 3.75. The average Bonchev–Trinajstić information content (AvgIpc) is 3.33. The van der Waals surface area contributed by atoms with Crippen molar-refractivity contribution in [3.63, 3.8) is 0 Å². The van der Waals surface area contributed by atoms with Crippen molar-refractivity contribution in [1.29, 1.82) is 0 Å². The molecule has 0 unspecified atom stereocenters. The summed E-state index contributed by atoms with van der Waals surface area (Å²) in [4.78, 5) is 39.0. The number of hydrogen-bond acceptors (Lipinski definition) is 6. The van der Waals surface area contributed by atoms with Crippen LogP contribution >= 0.6 is 0 Å². The van der Waals surface area contributed by atoms with Crippen molar-refractivity contribution in [1.82, 2.24) is 4.90 Å². The van der Waals surface area contributed by atoms with Crippen LogP contribution in [-0.4, -0.2) is 36.5 Å². The molecule has 7 heteroatoms. The van der Waals surface area contributed by atoms with Gasteiger partial charge in [-0.2, -0.15) is 0 Å². The lowest BCUT2D eigenvalue weighted by Crippen LogP contribution is -2.54. The topological polar surface area (TPSA) is 99.9 Å². The molecule has 7 nitrogen and oxygen atoms in total. The van der Waals surface area contributed by atoms with E-state index in [-0.39, 0.29) is 31.0 Å². The molecule has 0 bridgehead atoms. The number of carbonyl (C=O) groups excluding carboxylic acids is 2. The number of hydrogen-bond donors (Lipinski definition) is 0. The van der Waals surface area contributed by atoms with Gasteiger partial charge in [0.2, 0.25) is 0 Å². The Kier molecular flexibility index (Phi) is 5.63. The molecule has 0 radical (unpaired) electrons. The first-order valence-electron chi connectivity index (χ1n) is 11.7. The molecule has 2 aliphatic rings. The van der Waals surface area contributed by atoms with E-state index in [1.807, 2.05) is 37.3 Å². The molecule has 2 heterocycles. The van der Waals surface area contributed by atoms with Crippen molar-refractivity contribution in [3.05, 3.63) is 75.1 Å². The largest absolute Gasteiger partial charge is 0.549 e. The summed E-state index contributed by atoms with van der Waals surface area (Å²) >= 11 is 0. The van der Waals surface area contributed by atoms with Crippen LogP contribution in [0.3, 0.4) is 0 Å². The number of aryl methyl sites for hydroxylation is 2. The molecule has 1 saturated heterocycles. The summed E-state index contributed by atoms with van der Waals surface area (Å²) in [6.45, 7) is 2.33. The first-order valence-corrected chi connectivity index (χ1v) is 11.7. The fraction of sp³-hybridized carbons (Fsp3) is 0.370. The summed E-state index contributed by atoms with van der Waals surface area (Å²) in [6, 6.07) is 12.8. The van der Waals surface area contributed by atoms with Gasteiger partial charge in [0.25, 0.3) is 5.91 Å². The number of carboxylic acid groups (broad SMARTS) is 1. The predicted octanol–water partition coefficient (Wildman–Crippen LogP) is 2.28. The second kappa shape index (κ2) is 8.63. The van der Waals surface area contributed by atoms with Gasteiger partial charge in [0.05, 0.1) is 11.4 Å². The number of benzene rings is 2. The highest BCUT2D eigenvalue weighted by Crippen LogP contribution is 2.37. The number of carboxylic acids is 1. The zero-order valence-corrected chi connectivity index (χ0v) is 19.1. The zero-order chi connectivity index (χ0) is 23.9. The van der Waals surface area contributed by atoms with Gasteiger partial charge in [0.15, 0.2) is 6.61 Å². The summed E-state index contributed by atoms with van der Waals surface area (Å²) in [5.74, 6) is -0.775. The van der Waals surface area contributed by atoms with Crippen molar-refractivity contribution in [2.45, 2.75) is 44.4 Å². The summed E-state index contributed by atoms with van der Waals surface area (Å²) in [5, 5.41) is 12.8. The Morgan fingerprint density at radius 3 is 2.50 bits per heavy atom. The van der Waals surface area contributed by atoms with Crippen LogP contribution in [0.5, 0.6) is 5.75 Å². The van der Waals surface area contributed by atoms with Crippen LogP contribution in [0.1, 0.15) is 41.5 Å². The summed E-state index contributed by atoms with van der Waals surface area (Å²) in [7, 11) is 0. The number of likely N-dealkylation sites (tertiary alicyclic amines) is 1. The maximum Gasteiger partial charge on any atom is 0.339 e. The lowest BCUT2D eigenvalue weighted by Gasteiger charge is -2.42. The first kappa shape index (κ1) is 22.2. The number of ether oxygens (including phenoxy) is 1. The SMILES string of the molecule is Cc1cc(OCC(=O)N2CCC(C(=O)[O-])(c3ccccc3)CC2)c2c3c(c(=O)oc2c1)CCC3. The van der Waals surface area contributed by atoms with Crippen LogP contribution in [0.4, 0.5) is 0 Å². The second-order valence-electron chi connectivity index (χ2n) is 9.24. The van der Waals surface area contributed by atoms with Gasteiger partial charge in [-0.05, 0) is 67.9 Å². The molecule has 0 N–H and O–H groups in total. The zero-order valence-electron chi connectivity index (χ0n) is 19.1. The number of rotatable bonds is 5. The predicted molar refractivity (Wildman–Crippen MR) is 124 cm³/mol. The summed E-state index contributed by atoms with van der Waals surface area (Å²) < 4.78 is 11.5. The van der Waals surface area contributed by atoms with E-state index in [9.17, 15) is 19.5 Å². The van der Waals surface area contributed by atoms with E-state index in [0.717, 1.165) is 29.4 Å². The Morgan fingerprint density at radius 2 is 1.79 bits per heavy atom. The minimum absolute atomic E-state index is 0.171. The highest BCUT2D eigenvalue weighted by molar-refractivity contribution is 5.89. The minimum Gasteiger partial charge on any atom is -0.549 e. The van der Waals surface area contributed by atoms with Gasteiger partial charge in [-0.1, -0.05) is 30.3 Å². The van der Waals surface area contributed by atoms with Crippen LogP contribution in [0.15, 0.2) is 51.7 Å². The standard InChI is InChI=1S/C27H27NO6/c1-17-14-21(24-19-8-5-9-20(19)25(30)34-22(24)15-17)33-16-23(29)28-12-10-27(11-13-28,26(31)32)18-6-3-2-4-7-18/h2-4,6-7,14-15H,5,8-13,16H2,1H3,(H,31,32)/p-1. The molecule has 5 rings (SSSR count). The van der Waals surface area contributed by atoms with Crippen molar-refractivity contribution in [2.75, 3.05) is 19.7 Å². The van der Waals surface area contributed by atoms with E-state index >= 15 is 0 Å². The van der Waals surface area contributed by atoms with E-state index in [1.165, 1.54) is 0 Å². The lowest BCUT2D eigenvalue weighted by atomic mass is 9.73. The van der Waals surface area contributed by atoms with Crippen LogP contribution in [-0.2, 0) is 27.8 Å². The quantitative estimate of drug-likeness (QED) is 0.542. The maximum atomic E-state index is 13.0. The van der Waals surface area contributed by atoms with Crippen LogP contribution in [0.2, 0.25) is 0 Å². The van der Waals surface area contributed by atoms with Crippen LogP contribution in [0.25, 0.3) is 11.0 Å². The molecule has 0 spiro atoms. The van der Waals surface area contributed by atoms with Crippen LogP contribution < -0.4 is 15.5 Å². The highest BCUT2D eigenvalue weighted by atomic mass is 16.5. The fourth-order valence-corrected chi connectivity index (χ4v) is 5.36. The molecule has 1 fully saturated rings. The van der Waals surface area contributed by atoms with E-state index in [1.54, 1.807) is 17.0 Å². The fourth-order valence-electron chi connectivity index (χ4n) is 5.36. The molecule has 1 aromatic heterocycles. The molecule has 1 amide bonds. The Hall–Kier alpha value is -3.61. The molecular weight excluding hydrogens is 434 g/mol. The minimum atomic E-state index is -1.11. The van der Waals surface area contributed by atoms with Gasteiger partial charge >= 0.3 is 5.63 Å². The van der Waals surface area contributed by atoms with Crippen LogP contribution in [0, 0.1) is 6.92 Å². The molecule has 1 aliphatic carbocycles. The average molecular weight is 461 g/mol. The van der Waals surface area contributed by atoms with E-state index in [4.69, 9.17) is 9.15 Å². The molecule has 2 aromatic carbocycles. The lowest BCUT2D eigenvalue weighted by molar-refractivity contribution is -0.315. The number of nitrogens with zero attached hydrogens (tertiary/aromatic N) is 1. The third-order valence-electron chi connectivity index (χ3n) is 7.22. The third-order valence-corrected chi connectivity index (χ3v) is 7.22. The van der Waals surface area contributed by atoms with E-state index < -0.39 is 11.4 Å². The number of fused-ring (bicyclic) bond motifs is 3. The number of piperidine rings is 1. The van der Waals surface area contributed by atoms with Gasteiger partial charge in [0, 0.05) is 24.1 Å². The molecule has 0 saturated carbocycles. The van der Waals surface area contributed by atoms with Gasteiger partial charge in [-0.15, -0.1) is 0 Å². The van der Waals surface area contributed by atoms with Gasteiger partial charge in [-0.25, -0.2) is 4.79 Å². The molecule has 34 heavy (non-hydrogen) atoms. The van der Waals surface area contributed by atoms with E-state index in [0.29, 0.717) is 42.0 Å². The smallest absolute Gasteiger partial charge is 0.339 e. The van der Waals surface area contributed by atoms with E-state index in [2.05, 4.69) is 0 Å². The Balaban J connectivity index is 1.33. The Bertz CT molecular complexity index is 1320.